The quantitative estimate of drug-likeness (QED) is 0.240. The minimum absolute atomic E-state index is 0.575. The van der Waals surface area contributed by atoms with Crippen molar-refractivity contribution >= 4 is 53.7 Å². The average Bonchev–Trinajstić information content (AvgIpc) is 3.68. The molecule has 12 heteroatoms. The SMILES string of the molecule is CCCCN1[C]N(C[C@@H]2CCCN2)C=C1.CCCCN1[C]N(C[C@@H]2CCCN2)C=C1.[Br][Pd][Br].[Br][Pd][Br]. The van der Waals surface area contributed by atoms with E-state index in [-0.39, 0.29) is 0 Å². The summed E-state index contributed by atoms with van der Waals surface area (Å²) >= 11 is 13.6. The normalized spacial score (nSPS) is 22.5. The summed E-state index contributed by atoms with van der Waals surface area (Å²) < 4.78 is 0. The maximum atomic E-state index is 3.51. The molecule has 0 aromatic rings. The predicted octanol–water partition coefficient (Wildman–Crippen LogP) is 6.62. The molecule has 0 amide bonds. The van der Waals surface area contributed by atoms with Crippen LogP contribution in [0.25, 0.3) is 0 Å². The predicted molar refractivity (Wildman–Crippen MR) is 159 cm³/mol. The molecule has 36 heavy (non-hydrogen) atoms. The summed E-state index contributed by atoms with van der Waals surface area (Å²) in [4.78, 5) is 8.69. The van der Waals surface area contributed by atoms with Gasteiger partial charge in [0.25, 0.3) is 0 Å². The number of hydrogen-bond donors (Lipinski definition) is 2. The molecule has 2 fully saturated rings. The Kier molecular flexibility index (Phi) is 24.5. The summed E-state index contributed by atoms with van der Waals surface area (Å²) in [5.74, 6) is 0. The molecule has 2 N–H and O–H groups in total. The maximum absolute atomic E-state index is 3.51. The van der Waals surface area contributed by atoms with E-state index < -0.39 is 0 Å². The van der Waals surface area contributed by atoms with Crippen molar-refractivity contribution in [3.05, 3.63) is 38.1 Å². The monoisotopic (exact) mass is 942 g/mol. The average molecular weight is 947 g/mol. The third-order valence-corrected chi connectivity index (χ3v) is 6.03. The zero-order valence-electron chi connectivity index (χ0n) is 21.3. The van der Waals surface area contributed by atoms with Gasteiger partial charge in [0.05, 0.1) is 0 Å². The zero-order chi connectivity index (χ0) is 26.4. The van der Waals surface area contributed by atoms with Gasteiger partial charge in [-0.3, -0.25) is 0 Å². The molecule has 4 radical (unpaired) electrons. The second-order valence-corrected chi connectivity index (χ2v) is 23.2. The van der Waals surface area contributed by atoms with Crippen molar-refractivity contribution in [1.29, 1.82) is 0 Å². The molecule has 0 bridgehead atoms. The van der Waals surface area contributed by atoms with Gasteiger partial charge in [0, 0.05) is 63.1 Å². The fourth-order valence-electron chi connectivity index (χ4n) is 4.19. The van der Waals surface area contributed by atoms with Crippen LogP contribution in [0.1, 0.15) is 65.2 Å². The van der Waals surface area contributed by atoms with E-state index in [1.165, 1.54) is 64.5 Å². The van der Waals surface area contributed by atoms with Crippen molar-refractivity contribution in [3.8, 4) is 0 Å². The molecule has 0 saturated carbocycles. The summed E-state index contributed by atoms with van der Waals surface area (Å²) in [6, 6.07) is 1.32. The Morgan fingerprint density at radius 3 is 1.36 bits per heavy atom. The first-order valence-electron chi connectivity index (χ1n) is 12.7. The van der Waals surface area contributed by atoms with Crippen molar-refractivity contribution in [2.45, 2.75) is 77.3 Å². The second kappa shape index (κ2) is 24.6. The Hall–Kier alpha value is 1.84. The Balaban J connectivity index is 0.000000296. The van der Waals surface area contributed by atoms with Crippen LogP contribution < -0.4 is 10.6 Å². The third kappa shape index (κ3) is 17.5. The molecule has 0 aromatic heterocycles. The molecule has 2 atom stereocenters. The number of halogens is 4. The van der Waals surface area contributed by atoms with E-state index in [1.807, 2.05) is 0 Å². The van der Waals surface area contributed by atoms with Crippen LogP contribution in [0.5, 0.6) is 0 Å². The van der Waals surface area contributed by atoms with Gasteiger partial charge in [0.2, 0.25) is 13.3 Å². The Morgan fingerprint density at radius 1 is 0.694 bits per heavy atom. The van der Waals surface area contributed by atoms with Gasteiger partial charge < -0.3 is 30.2 Å². The van der Waals surface area contributed by atoms with Crippen molar-refractivity contribution in [2.24, 2.45) is 0 Å². The van der Waals surface area contributed by atoms with E-state index in [9.17, 15) is 0 Å². The standard InChI is InChI=1S/2C12H21N3.4BrH.2Pd/c2*1-2-3-7-14-8-9-15(11-14)10-12-5-4-6-13-12;;;;;;/h2*8-9,12-13H,2-7,10H2,1H3;4*1H;;/q;;;;;;2*+2/p-4/t2*12-;;;;;;/m00....../s1. The molecular weight excluding hydrogens is 905 g/mol. The number of unbranched alkanes of at least 4 members (excludes halogenated alkanes) is 2. The Bertz CT molecular complexity index is 519. The van der Waals surface area contributed by atoms with Gasteiger partial charge in [-0.1, -0.05) is 26.7 Å². The van der Waals surface area contributed by atoms with Crippen molar-refractivity contribution in [1.82, 2.24) is 30.2 Å². The first-order valence-corrected chi connectivity index (χ1v) is 26.9. The van der Waals surface area contributed by atoms with E-state index in [0.29, 0.717) is 40.0 Å². The summed E-state index contributed by atoms with van der Waals surface area (Å²) in [5.41, 5.74) is 0. The van der Waals surface area contributed by atoms with Gasteiger partial charge in [0.15, 0.2) is 0 Å². The second-order valence-electron chi connectivity index (χ2n) is 8.87. The number of nitrogens with zero attached hydrogens (tertiary/aromatic N) is 4. The van der Waals surface area contributed by atoms with E-state index in [1.54, 1.807) is 0 Å². The Morgan fingerprint density at radius 2 is 1.06 bits per heavy atom. The molecule has 2 saturated heterocycles. The van der Waals surface area contributed by atoms with E-state index in [0.717, 1.165) is 26.2 Å². The van der Waals surface area contributed by atoms with Crippen LogP contribution in [0.2, 0.25) is 0 Å². The molecule has 4 aliphatic heterocycles. The van der Waals surface area contributed by atoms with Crippen molar-refractivity contribution in [2.75, 3.05) is 39.3 Å². The molecule has 4 aliphatic rings. The van der Waals surface area contributed by atoms with Crippen LogP contribution >= 0.6 is 53.7 Å². The van der Waals surface area contributed by atoms with Crippen molar-refractivity contribution < 1.29 is 27.9 Å². The number of hydrogen-bond acceptors (Lipinski definition) is 6. The van der Waals surface area contributed by atoms with Crippen LogP contribution in [0.15, 0.2) is 24.8 Å². The zero-order valence-corrected chi connectivity index (χ0v) is 30.7. The summed E-state index contributed by atoms with van der Waals surface area (Å²) in [5, 5.41) is 7.01. The van der Waals surface area contributed by atoms with E-state index in [4.69, 9.17) is 0 Å². The fraction of sp³-hybridized carbons (Fsp3) is 0.750. The van der Waals surface area contributed by atoms with Crippen LogP contribution in [-0.4, -0.2) is 71.0 Å². The Labute approximate surface area is 263 Å². The molecule has 4 heterocycles. The third-order valence-electron chi connectivity index (χ3n) is 6.03. The topological polar surface area (TPSA) is 37.0 Å². The summed E-state index contributed by atoms with van der Waals surface area (Å²) in [6.45, 7) is 17.9. The molecule has 6 nitrogen and oxygen atoms in total. The van der Waals surface area contributed by atoms with E-state index >= 15 is 0 Å². The molecule has 0 aromatic carbocycles. The van der Waals surface area contributed by atoms with Gasteiger partial charge in [-0.15, -0.1) is 0 Å². The minimum atomic E-state index is 0.575. The van der Waals surface area contributed by atoms with Crippen LogP contribution in [0.4, 0.5) is 0 Å². The van der Waals surface area contributed by atoms with Gasteiger partial charge in [0.1, 0.15) is 0 Å². The molecule has 0 unspecified atom stereocenters. The fourth-order valence-corrected chi connectivity index (χ4v) is 4.19. The first kappa shape index (κ1) is 35.9. The van der Waals surface area contributed by atoms with Crippen LogP contribution in [0, 0.1) is 13.3 Å². The number of nitrogens with one attached hydrogen (secondary N) is 2. The summed E-state index contributed by atoms with van der Waals surface area (Å²) in [7, 11) is 0. The molecule has 216 valence electrons. The van der Waals surface area contributed by atoms with Crippen molar-refractivity contribution in [3.63, 3.8) is 0 Å². The van der Waals surface area contributed by atoms with E-state index in [2.05, 4.69) is 136 Å². The molecular formula is C24H42Br4N6Pd2. The van der Waals surface area contributed by atoms with Gasteiger partial charge >= 0.3 is 81.6 Å². The summed E-state index contributed by atoms with van der Waals surface area (Å²) in [6.07, 6.45) is 18.8. The van der Waals surface area contributed by atoms with Crippen LogP contribution in [0.3, 0.4) is 0 Å². The molecule has 0 aliphatic carbocycles. The first-order chi connectivity index (χ1) is 17.6. The number of rotatable bonds is 10. The van der Waals surface area contributed by atoms with Gasteiger partial charge in [-0.25, -0.2) is 0 Å². The van der Waals surface area contributed by atoms with Crippen LogP contribution in [-0.2, 0) is 27.9 Å². The molecule has 4 rings (SSSR count). The molecule has 0 spiro atoms. The van der Waals surface area contributed by atoms with Gasteiger partial charge in [-0.05, 0) is 51.6 Å². The van der Waals surface area contributed by atoms with Gasteiger partial charge in [-0.2, -0.15) is 0 Å².